The van der Waals surface area contributed by atoms with Crippen LogP contribution in [-0.2, 0) is 6.42 Å². The fourth-order valence-corrected chi connectivity index (χ4v) is 1.58. The molecule has 2 aromatic rings. The van der Waals surface area contributed by atoms with E-state index in [4.69, 9.17) is 10.3 Å². The Morgan fingerprint density at radius 1 is 1.29 bits per heavy atom. The van der Waals surface area contributed by atoms with Crippen LogP contribution in [0, 0.1) is 0 Å². The van der Waals surface area contributed by atoms with Gasteiger partial charge in [0.1, 0.15) is 5.69 Å². The van der Waals surface area contributed by atoms with Crippen LogP contribution in [0.3, 0.4) is 0 Å². The Hall–Kier alpha value is -1.91. The van der Waals surface area contributed by atoms with E-state index in [-0.39, 0.29) is 12.3 Å². The van der Waals surface area contributed by atoms with Crippen molar-refractivity contribution in [3.63, 3.8) is 0 Å². The van der Waals surface area contributed by atoms with Crippen molar-refractivity contribution >= 4 is 5.88 Å². The van der Waals surface area contributed by atoms with E-state index >= 15 is 0 Å². The van der Waals surface area contributed by atoms with E-state index in [1.165, 1.54) is 0 Å². The van der Waals surface area contributed by atoms with Crippen LogP contribution in [0.4, 0.5) is 14.7 Å². The van der Waals surface area contributed by atoms with Gasteiger partial charge in [-0.15, -0.1) is 0 Å². The molecule has 0 atom stereocenters. The van der Waals surface area contributed by atoms with E-state index in [2.05, 4.69) is 5.16 Å². The van der Waals surface area contributed by atoms with Crippen LogP contribution in [-0.4, -0.2) is 11.1 Å². The van der Waals surface area contributed by atoms with Crippen molar-refractivity contribution in [2.75, 3.05) is 5.73 Å². The average molecular weight is 238 g/mol. The molecule has 0 spiro atoms. The summed E-state index contributed by atoms with van der Waals surface area (Å²) in [6.45, 7) is 0.902. The molecule has 1 heterocycles. The molecule has 1 aromatic heterocycles. The number of hydrogen-bond donors (Lipinski definition) is 1. The van der Waals surface area contributed by atoms with Crippen molar-refractivity contribution in [2.24, 2.45) is 0 Å². The molecule has 0 saturated carbocycles. The van der Waals surface area contributed by atoms with Gasteiger partial charge < -0.3 is 10.3 Å². The maximum absolute atomic E-state index is 12.8. The summed E-state index contributed by atoms with van der Waals surface area (Å²) in [5.74, 6) is -2.47. The Labute approximate surface area is 97.2 Å². The second kappa shape index (κ2) is 4.16. The topological polar surface area (TPSA) is 52.0 Å². The van der Waals surface area contributed by atoms with Gasteiger partial charge in [-0.1, -0.05) is 29.4 Å². The highest BCUT2D eigenvalue weighted by atomic mass is 19.3. The van der Waals surface area contributed by atoms with Gasteiger partial charge in [0.15, 0.2) is 0 Å². The third kappa shape index (κ3) is 3.03. The predicted octanol–water partition coefficient (Wildman–Crippen LogP) is 3.12. The Kier molecular flexibility index (Phi) is 2.83. The van der Waals surface area contributed by atoms with Crippen molar-refractivity contribution in [1.29, 1.82) is 0 Å². The zero-order valence-electron chi connectivity index (χ0n) is 9.28. The average Bonchev–Trinajstić information content (AvgIpc) is 2.63. The summed E-state index contributed by atoms with van der Waals surface area (Å²) in [7, 11) is 0. The Morgan fingerprint density at radius 3 is 2.41 bits per heavy atom. The van der Waals surface area contributed by atoms with Gasteiger partial charge >= 0.3 is 0 Å². The summed E-state index contributed by atoms with van der Waals surface area (Å²) < 4.78 is 30.3. The van der Waals surface area contributed by atoms with Crippen molar-refractivity contribution in [2.45, 2.75) is 19.3 Å². The van der Waals surface area contributed by atoms with Crippen molar-refractivity contribution in [1.82, 2.24) is 5.16 Å². The highest BCUT2D eigenvalue weighted by Crippen LogP contribution is 2.23. The number of benzene rings is 1. The summed E-state index contributed by atoms with van der Waals surface area (Å²) in [5.41, 5.74) is 7.36. The van der Waals surface area contributed by atoms with Crippen LogP contribution in [0.25, 0.3) is 11.3 Å². The molecule has 0 aliphatic rings. The van der Waals surface area contributed by atoms with Gasteiger partial charge in [0.05, 0.1) is 0 Å². The molecule has 0 unspecified atom stereocenters. The lowest BCUT2D eigenvalue weighted by Gasteiger charge is -2.09. The van der Waals surface area contributed by atoms with Crippen LogP contribution >= 0.6 is 0 Å². The number of alkyl halides is 2. The number of nitrogens with two attached hydrogens (primary N) is 1. The van der Waals surface area contributed by atoms with Gasteiger partial charge in [-0.2, -0.15) is 0 Å². The first-order valence-electron chi connectivity index (χ1n) is 5.13. The fourth-order valence-electron chi connectivity index (χ4n) is 1.58. The Morgan fingerprint density at radius 2 is 1.94 bits per heavy atom. The first kappa shape index (κ1) is 11.6. The second-order valence-electron chi connectivity index (χ2n) is 4.06. The van der Waals surface area contributed by atoms with Gasteiger partial charge in [0.2, 0.25) is 11.8 Å². The molecule has 0 fully saturated rings. The molecule has 2 rings (SSSR count). The number of aromatic nitrogens is 1. The van der Waals surface area contributed by atoms with E-state index in [1.807, 2.05) is 0 Å². The smallest absolute Gasteiger partial charge is 0.249 e. The number of halogens is 2. The van der Waals surface area contributed by atoms with Gasteiger partial charge in [0, 0.05) is 18.1 Å². The molecule has 0 bridgehead atoms. The molecule has 0 saturated heterocycles. The minimum Gasteiger partial charge on any atom is -0.368 e. The number of anilines is 1. The number of hydrogen-bond acceptors (Lipinski definition) is 3. The van der Waals surface area contributed by atoms with Crippen LogP contribution < -0.4 is 5.73 Å². The molecule has 1 aromatic carbocycles. The minimum atomic E-state index is -2.69. The van der Waals surface area contributed by atoms with Gasteiger partial charge in [0.25, 0.3) is 0 Å². The van der Waals surface area contributed by atoms with Gasteiger partial charge in [-0.05, 0) is 12.5 Å². The predicted molar refractivity (Wildman–Crippen MR) is 60.7 cm³/mol. The summed E-state index contributed by atoms with van der Waals surface area (Å²) in [5, 5.41) is 3.74. The van der Waals surface area contributed by atoms with Crippen molar-refractivity contribution in [3.8, 4) is 11.3 Å². The van der Waals surface area contributed by atoms with Gasteiger partial charge in [-0.25, -0.2) is 8.78 Å². The van der Waals surface area contributed by atoms with Crippen LogP contribution in [0.15, 0.2) is 34.9 Å². The molecule has 90 valence electrons. The zero-order chi connectivity index (χ0) is 12.5. The standard InChI is InChI=1S/C12H12F2N2O/c1-12(13,14)7-8-2-4-9(5-3-8)10-6-11(15)17-16-10/h2-6H,7,15H2,1H3. The molecule has 2 N–H and O–H groups in total. The quantitative estimate of drug-likeness (QED) is 0.893. The van der Waals surface area contributed by atoms with Gasteiger partial charge in [-0.3, -0.25) is 0 Å². The first-order chi connectivity index (χ1) is 7.94. The molecule has 0 radical (unpaired) electrons. The van der Waals surface area contributed by atoms with E-state index in [9.17, 15) is 8.78 Å². The molecule has 5 heteroatoms. The highest BCUT2D eigenvalue weighted by molar-refractivity contribution is 5.61. The summed E-state index contributed by atoms with van der Waals surface area (Å²) in [4.78, 5) is 0. The summed E-state index contributed by atoms with van der Waals surface area (Å²) in [6.07, 6.45) is -0.270. The molecule has 0 amide bonds. The molecular weight excluding hydrogens is 226 g/mol. The van der Waals surface area contributed by atoms with E-state index in [0.717, 1.165) is 12.5 Å². The molecular formula is C12H12F2N2O. The van der Waals surface area contributed by atoms with Crippen LogP contribution in [0.2, 0.25) is 0 Å². The third-order valence-corrected chi connectivity index (χ3v) is 2.29. The lowest BCUT2D eigenvalue weighted by molar-refractivity contribution is 0.0226. The number of rotatable bonds is 3. The third-order valence-electron chi connectivity index (χ3n) is 2.29. The van der Waals surface area contributed by atoms with E-state index in [1.54, 1.807) is 30.3 Å². The zero-order valence-corrected chi connectivity index (χ0v) is 9.28. The maximum atomic E-state index is 12.8. The molecule has 17 heavy (non-hydrogen) atoms. The fraction of sp³-hybridized carbons (Fsp3) is 0.250. The highest BCUT2D eigenvalue weighted by Gasteiger charge is 2.21. The van der Waals surface area contributed by atoms with Crippen LogP contribution in [0.1, 0.15) is 12.5 Å². The maximum Gasteiger partial charge on any atom is 0.249 e. The van der Waals surface area contributed by atoms with Crippen LogP contribution in [0.5, 0.6) is 0 Å². The van der Waals surface area contributed by atoms with E-state index < -0.39 is 5.92 Å². The van der Waals surface area contributed by atoms with Crippen molar-refractivity contribution < 1.29 is 13.3 Å². The lowest BCUT2D eigenvalue weighted by atomic mass is 10.0. The van der Waals surface area contributed by atoms with Crippen molar-refractivity contribution in [3.05, 3.63) is 35.9 Å². The first-order valence-corrected chi connectivity index (χ1v) is 5.13. The summed E-state index contributed by atoms with van der Waals surface area (Å²) >= 11 is 0. The molecule has 0 aliphatic carbocycles. The SMILES string of the molecule is CC(F)(F)Cc1ccc(-c2cc(N)on2)cc1. The largest absolute Gasteiger partial charge is 0.368 e. The Balaban J connectivity index is 2.19. The lowest BCUT2D eigenvalue weighted by Crippen LogP contribution is -2.13. The number of nitrogens with zero attached hydrogens (tertiary/aromatic N) is 1. The number of nitrogen functional groups attached to an aromatic ring is 1. The molecule has 3 nitrogen and oxygen atoms in total. The van der Waals surface area contributed by atoms with E-state index in [0.29, 0.717) is 11.3 Å². The second-order valence-corrected chi connectivity index (χ2v) is 4.06. The minimum absolute atomic E-state index is 0.226. The molecule has 0 aliphatic heterocycles. The summed E-state index contributed by atoms with van der Waals surface area (Å²) in [6, 6.07) is 8.33. The monoisotopic (exact) mass is 238 g/mol. The Bertz CT molecular complexity index is 500. The normalized spacial score (nSPS) is 11.7.